The van der Waals surface area contributed by atoms with Crippen LogP contribution in [0.1, 0.15) is 55.6 Å². The monoisotopic (exact) mass is 328 g/mol. The molecule has 0 bridgehead atoms. The summed E-state index contributed by atoms with van der Waals surface area (Å²) in [5.74, 6) is 5.63. The van der Waals surface area contributed by atoms with Crippen LogP contribution >= 0.6 is 11.3 Å². The molecule has 1 heterocycles. The fourth-order valence-electron chi connectivity index (χ4n) is 3.05. The highest BCUT2D eigenvalue weighted by molar-refractivity contribution is 7.14. The zero-order valence-electron chi connectivity index (χ0n) is 14.4. The number of thiophene rings is 1. The van der Waals surface area contributed by atoms with Crippen LogP contribution in [0, 0.1) is 28.6 Å². The lowest BCUT2D eigenvalue weighted by molar-refractivity contribution is 0.0702. The van der Waals surface area contributed by atoms with Crippen LogP contribution in [0.5, 0.6) is 0 Å². The highest BCUT2D eigenvalue weighted by Gasteiger charge is 2.37. The van der Waals surface area contributed by atoms with Crippen LogP contribution in [-0.2, 0) is 0 Å². The third-order valence-corrected chi connectivity index (χ3v) is 5.71. The first-order chi connectivity index (χ1) is 10.6. The minimum absolute atomic E-state index is 0.146. The molecule has 0 saturated heterocycles. The molecule has 1 aromatic rings. The third kappa shape index (κ3) is 4.14. The van der Waals surface area contributed by atoms with Gasteiger partial charge < -0.3 is 5.11 Å². The van der Waals surface area contributed by atoms with Gasteiger partial charge in [-0.2, -0.15) is 0 Å². The first-order valence-corrected chi connectivity index (χ1v) is 8.65. The predicted octanol–water partition coefficient (Wildman–Crippen LogP) is 5.37. The zero-order chi connectivity index (χ0) is 17.3. The van der Waals surface area contributed by atoms with Crippen molar-refractivity contribution in [2.24, 2.45) is 16.7 Å². The number of carboxylic acid groups (broad SMARTS) is 1. The molecule has 3 heteroatoms. The molecule has 23 heavy (non-hydrogen) atoms. The van der Waals surface area contributed by atoms with E-state index in [0.717, 1.165) is 11.3 Å². The molecule has 0 spiro atoms. The van der Waals surface area contributed by atoms with Crippen molar-refractivity contribution in [2.45, 2.75) is 41.0 Å². The van der Waals surface area contributed by atoms with Gasteiger partial charge in [-0.05, 0) is 48.3 Å². The van der Waals surface area contributed by atoms with E-state index in [4.69, 9.17) is 5.11 Å². The summed E-state index contributed by atoms with van der Waals surface area (Å²) >= 11 is 1.21. The van der Waals surface area contributed by atoms with Gasteiger partial charge in [0.25, 0.3) is 0 Å². The van der Waals surface area contributed by atoms with Crippen LogP contribution in [0.3, 0.4) is 0 Å². The second kappa shape index (κ2) is 6.37. The lowest BCUT2D eigenvalue weighted by atomic mass is 9.61. The van der Waals surface area contributed by atoms with Crippen LogP contribution in [0.25, 0.3) is 0 Å². The maximum Gasteiger partial charge on any atom is 0.345 e. The number of allylic oxidation sites excluding steroid dienone is 4. The predicted molar refractivity (Wildman–Crippen MR) is 96.7 cm³/mol. The summed E-state index contributed by atoms with van der Waals surface area (Å²) in [6.45, 7) is 11.3. The van der Waals surface area contributed by atoms with Crippen molar-refractivity contribution in [1.82, 2.24) is 0 Å². The normalized spacial score (nSPS) is 22.3. The molecule has 0 amide bonds. The largest absolute Gasteiger partial charge is 0.477 e. The number of hydrogen-bond donors (Lipinski definition) is 1. The lowest BCUT2D eigenvalue weighted by Crippen LogP contribution is -2.33. The number of hydrogen-bond acceptors (Lipinski definition) is 2. The quantitative estimate of drug-likeness (QED) is 0.585. The van der Waals surface area contributed by atoms with Gasteiger partial charge in [0.1, 0.15) is 4.88 Å². The van der Waals surface area contributed by atoms with E-state index < -0.39 is 5.97 Å². The molecule has 1 unspecified atom stereocenters. The Morgan fingerprint density at radius 2 is 2.04 bits per heavy atom. The number of carboxylic acids is 1. The molecule has 2 nitrogen and oxygen atoms in total. The molecule has 2 rings (SSSR count). The Morgan fingerprint density at radius 1 is 1.35 bits per heavy atom. The fourth-order valence-corrected chi connectivity index (χ4v) is 3.76. The van der Waals surface area contributed by atoms with Crippen LogP contribution < -0.4 is 0 Å². The molecule has 1 atom stereocenters. The molecule has 0 radical (unpaired) electrons. The van der Waals surface area contributed by atoms with Gasteiger partial charge in [0.15, 0.2) is 0 Å². The topological polar surface area (TPSA) is 37.3 Å². The molecule has 0 aromatic carbocycles. The second-order valence-electron chi connectivity index (χ2n) is 7.45. The zero-order valence-corrected chi connectivity index (χ0v) is 15.3. The Kier molecular flexibility index (Phi) is 4.87. The maximum absolute atomic E-state index is 10.9. The molecular weight excluding hydrogens is 304 g/mol. The number of aromatic carboxylic acids is 1. The Labute approximate surface area is 142 Å². The van der Waals surface area contributed by atoms with E-state index in [1.54, 1.807) is 12.1 Å². The van der Waals surface area contributed by atoms with E-state index >= 15 is 0 Å². The number of carbonyl (C=O) groups is 1. The minimum atomic E-state index is -0.896. The van der Waals surface area contributed by atoms with E-state index in [9.17, 15) is 4.79 Å². The van der Waals surface area contributed by atoms with Gasteiger partial charge >= 0.3 is 5.97 Å². The van der Waals surface area contributed by atoms with Crippen molar-refractivity contribution in [2.75, 3.05) is 0 Å². The molecular formula is C20H24O2S. The Balaban J connectivity index is 2.13. The van der Waals surface area contributed by atoms with Gasteiger partial charge in [0, 0.05) is 0 Å². The molecule has 1 aromatic heterocycles. The summed E-state index contributed by atoms with van der Waals surface area (Å²) in [7, 11) is 0. The first kappa shape index (κ1) is 17.6. The van der Waals surface area contributed by atoms with Crippen molar-refractivity contribution in [3.63, 3.8) is 0 Å². The van der Waals surface area contributed by atoms with Crippen LogP contribution in [-0.4, -0.2) is 11.1 Å². The molecule has 1 aliphatic carbocycles. The van der Waals surface area contributed by atoms with E-state index in [0.29, 0.717) is 10.8 Å². The van der Waals surface area contributed by atoms with E-state index in [1.165, 1.54) is 16.9 Å². The molecule has 1 N–H and O–H groups in total. The molecule has 0 aliphatic heterocycles. The fraction of sp³-hybridized carbons (Fsp3) is 0.450. The van der Waals surface area contributed by atoms with Crippen molar-refractivity contribution in [1.29, 1.82) is 0 Å². The summed E-state index contributed by atoms with van der Waals surface area (Å²) in [6.07, 6.45) is 7.62. The lowest BCUT2D eigenvalue weighted by Gasteiger charge is -2.43. The van der Waals surface area contributed by atoms with Crippen molar-refractivity contribution in [3.8, 4) is 11.8 Å². The maximum atomic E-state index is 10.9. The smallest absolute Gasteiger partial charge is 0.345 e. The van der Waals surface area contributed by atoms with E-state index in [-0.39, 0.29) is 10.8 Å². The van der Waals surface area contributed by atoms with E-state index in [2.05, 4.69) is 58.6 Å². The second-order valence-corrected chi connectivity index (χ2v) is 8.53. The van der Waals surface area contributed by atoms with Gasteiger partial charge in [-0.15, -0.1) is 11.3 Å². The Bertz CT molecular complexity index is 720. The summed E-state index contributed by atoms with van der Waals surface area (Å²) < 4.78 is 0. The summed E-state index contributed by atoms with van der Waals surface area (Å²) in [5, 5.41) is 8.91. The SMILES string of the molecule is CC1=CC(C)(C)CC(C=CC#Cc2ccc(C(=O)O)s2)C1(C)C. The third-order valence-electron chi connectivity index (χ3n) is 4.72. The average molecular weight is 328 g/mol. The minimum Gasteiger partial charge on any atom is -0.477 e. The molecule has 122 valence electrons. The Morgan fingerprint density at radius 3 is 2.65 bits per heavy atom. The molecule has 0 fully saturated rings. The summed E-state index contributed by atoms with van der Waals surface area (Å²) in [6, 6.07) is 3.36. The van der Waals surface area contributed by atoms with Gasteiger partial charge in [-0.1, -0.05) is 57.3 Å². The Hall–Kier alpha value is -1.79. The van der Waals surface area contributed by atoms with Gasteiger partial charge in [0.2, 0.25) is 0 Å². The van der Waals surface area contributed by atoms with Crippen LogP contribution in [0.2, 0.25) is 0 Å². The van der Waals surface area contributed by atoms with Crippen molar-refractivity contribution in [3.05, 3.63) is 45.7 Å². The van der Waals surface area contributed by atoms with Crippen LogP contribution in [0.4, 0.5) is 0 Å². The highest BCUT2D eigenvalue weighted by Crippen LogP contribution is 2.48. The molecule has 0 saturated carbocycles. The van der Waals surface area contributed by atoms with E-state index in [1.807, 2.05) is 6.08 Å². The standard InChI is InChI=1S/C20H24O2S/c1-14-12-19(2,3)13-15(20(14,4)5)8-6-7-9-16-10-11-17(23-16)18(21)22/h6,8,10-12,15H,13H2,1-5H3,(H,21,22). The highest BCUT2D eigenvalue weighted by atomic mass is 32.1. The molecule has 1 aliphatic rings. The number of rotatable bonds is 2. The summed E-state index contributed by atoms with van der Waals surface area (Å²) in [5.41, 5.74) is 1.79. The van der Waals surface area contributed by atoms with Gasteiger partial charge in [0.05, 0.1) is 4.88 Å². The van der Waals surface area contributed by atoms with Crippen molar-refractivity contribution < 1.29 is 9.90 Å². The van der Waals surface area contributed by atoms with Crippen molar-refractivity contribution >= 4 is 17.3 Å². The van der Waals surface area contributed by atoms with Crippen LogP contribution in [0.15, 0.2) is 35.9 Å². The average Bonchev–Trinajstić information content (AvgIpc) is 2.89. The van der Waals surface area contributed by atoms with Gasteiger partial charge in [-0.25, -0.2) is 4.79 Å². The van der Waals surface area contributed by atoms with Gasteiger partial charge in [-0.3, -0.25) is 0 Å². The summed E-state index contributed by atoms with van der Waals surface area (Å²) in [4.78, 5) is 12.0. The first-order valence-electron chi connectivity index (χ1n) is 7.83.